The SMILES string of the molecule is CC(C)(CC(=O)O)c1cc(=O)[nH]cn1. The summed E-state index contributed by atoms with van der Waals surface area (Å²) in [5.74, 6) is -0.905. The molecule has 1 rings (SSSR count). The second-order valence-electron chi connectivity index (χ2n) is 3.75. The predicted molar refractivity (Wildman–Crippen MR) is 50.1 cm³/mol. The highest BCUT2D eigenvalue weighted by atomic mass is 16.4. The van der Waals surface area contributed by atoms with Gasteiger partial charge in [-0.25, -0.2) is 4.98 Å². The van der Waals surface area contributed by atoms with Crippen LogP contribution < -0.4 is 5.56 Å². The zero-order valence-corrected chi connectivity index (χ0v) is 8.07. The van der Waals surface area contributed by atoms with Crippen molar-refractivity contribution in [3.05, 3.63) is 28.4 Å². The molecule has 0 atom stereocenters. The molecule has 1 aromatic rings. The number of aromatic nitrogens is 2. The minimum atomic E-state index is -0.905. The van der Waals surface area contributed by atoms with Gasteiger partial charge in [0.1, 0.15) is 0 Å². The number of H-pyrrole nitrogens is 1. The molecular weight excluding hydrogens is 184 g/mol. The van der Waals surface area contributed by atoms with Gasteiger partial charge in [0.25, 0.3) is 5.56 Å². The van der Waals surface area contributed by atoms with Gasteiger partial charge in [-0.2, -0.15) is 0 Å². The quantitative estimate of drug-likeness (QED) is 0.738. The van der Waals surface area contributed by atoms with Gasteiger partial charge in [-0.1, -0.05) is 13.8 Å². The molecule has 0 bridgehead atoms. The van der Waals surface area contributed by atoms with E-state index in [0.29, 0.717) is 5.69 Å². The number of carboxylic acid groups (broad SMARTS) is 1. The minimum Gasteiger partial charge on any atom is -0.481 e. The van der Waals surface area contributed by atoms with Crippen molar-refractivity contribution in [3.63, 3.8) is 0 Å². The summed E-state index contributed by atoms with van der Waals surface area (Å²) in [4.78, 5) is 27.9. The molecule has 0 radical (unpaired) electrons. The first-order chi connectivity index (χ1) is 6.42. The minimum absolute atomic E-state index is 0.0521. The van der Waals surface area contributed by atoms with Gasteiger partial charge < -0.3 is 10.1 Å². The highest BCUT2D eigenvalue weighted by Crippen LogP contribution is 2.23. The topological polar surface area (TPSA) is 83.0 Å². The molecule has 0 spiro atoms. The fourth-order valence-corrected chi connectivity index (χ4v) is 1.21. The van der Waals surface area contributed by atoms with E-state index in [1.54, 1.807) is 13.8 Å². The van der Waals surface area contributed by atoms with Crippen LogP contribution in [0.15, 0.2) is 17.2 Å². The maximum absolute atomic E-state index is 11.0. The number of aliphatic carboxylic acids is 1. The summed E-state index contributed by atoms with van der Waals surface area (Å²) >= 11 is 0. The van der Waals surface area contributed by atoms with Crippen LogP contribution >= 0.6 is 0 Å². The molecule has 0 saturated carbocycles. The van der Waals surface area contributed by atoms with Crippen molar-refractivity contribution in [1.29, 1.82) is 0 Å². The van der Waals surface area contributed by atoms with Gasteiger partial charge in [0.05, 0.1) is 18.4 Å². The van der Waals surface area contributed by atoms with E-state index in [0.717, 1.165) is 0 Å². The molecule has 2 N–H and O–H groups in total. The van der Waals surface area contributed by atoms with Crippen LogP contribution in [-0.2, 0) is 10.2 Å². The highest BCUT2D eigenvalue weighted by Gasteiger charge is 2.25. The van der Waals surface area contributed by atoms with Crippen molar-refractivity contribution in [1.82, 2.24) is 9.97 Å². The fourth-order valence-electron chi connectivity index (χ4n) is 1.21. The van der Waals surface area contributed by atoms with Crippen molar-refractivity contribution < 1.29 is 9.90 Å². The van der Waals surface area contributed by atoms with Crippen molar-refractivity contribution in [2.45, 2.75) is 25.7 Å². The molecule has 0 aromatic carbocycles. The molecule has 5 heteroatoms. The smallest absolute Gasteiger partial charge is 0.304 e. The predicted octanol–water partition coefficient (Wildman–Crippen LogP) is 0.522. The van der Waals surface area contributed by atoms with Crippen molar-refractivity contribution in [3.8, 4) is 0 Å². The Morgan fingerprint density at radius 1 is 1.64 bits per heavy atom. The first-order valence-corrected chi connectivity index (χ1v) is 4.19. The number of nitrogens with one attached hydrogen (secondary N) is 1. The van der Waals surface area contributed by atoms with Crippen molar-refractivity contribution in [2.75, 3.05) is 0 Å². The van der Waals surface area contributed by atoms with Gasteiger partial charge in [-0.15, -0.1) is 0 Å². The number of nitrogens with zero attached hydrogens (tertiary/aromatic N) is 1. The van der Waals surface area contributed by atoms with Crippen LogP contribution in [0, 0.1) is 0 Å². The average molecular weight is 196 g/mol. The van der Waals surface area contributed by atoms with Crippen LogP contribution in [0.1, 0.15) is 26.0 Å². The van der Waals surface area contributed by atoms with Gasteiger partial charge in [0, 0.05) is 11.5 Å². The van der Waals surface area contributed by atoms with E-state index in [4.69, 9.17) is 5.11 Å². The van der Waals surface area contributed by atoms with Crippen LogP contribution in [0.5, 0.6) is 0 Å². The van der Waals surface area contributed by atoms with Gasteiger partial charge in [0.15, 0.2) is 0 Å². The third-order valence-electron chi connectivity index (χ3n) is 1.96. The molecule has 1 heterocycles. The Balaban J connectivity index is 3.03. The number of rotatable bonds is 3. The lowest BCUT2D eigenvalue weighted by Gasteiger charge is -2.20. The first-order valence-electron chi connectivity index (χ1n) is 4.19. The van der Waals surface area contributed by atoms with Crippen molar-refractivity contribution in [2.24, 2.45) is 0 Å². The van der Waals surface area contributed by atoms with Gasteiger partial charge >= 0.3 is 5.97 Å². The highest BCUT2D eigenvalue weighted by molar-refractivity contribution is 5.68. The van der Waals surface area contributed by atoms with E-state index in [9.17, 15) is 9.59 Å². The van der Waals surface area contributed by atoms with E-state index in [1.807, 2.05) is 0 Å². The maximum Gasteiger partial charge on any atom is 0.304 e. The summed E-state index contributed by atoms with van der Waals surface area (Å²) in [6.45, 7) is 3.48. The van der Waals surface area contributed by atoms with Crippen LogP contribution in [0.3, 0.4) is 0 Å². The van der Waals surface area contributed by atoms with Crippen LogP contribution in [0.2, 0.25) is 0 Å². The van der Waals surface area contributed by atoms with E-state index >= 15 is 0 Å². The molecule has 0 amide bonds. The Labute approximate surface area is 80.8 Å². The van der Waals surface area contributed by atoms with Gasteiger partial charge in [-0.3, -0.25) is 9.59 Å². The normalized spacial score (nSPS) is 11.3. The fraction of sp³-hybridized carbons (Fsp3) is 0.444. The monoisotopic (exact) mass is 196 g/mol. The maximum atomic E-state index is 11.0. The third kappa shape index (κ3) is 2.42. The summed E-state index contributed by atoms with van der Waals surface area (Å²) in [5.41, 5.74) is -0.405. The van der Waals surface area contributed by atoms with Gasteiger partial charge in [0.2, 0.25) is 0 Å². The molecule has 76 valence electrons. The second-order valence-corrected chi connectivity index (χ2v) is 3.75. The molecule has 0 fully saturated rings. The molecule has 0 aliphatic heterocycles. The molecule has 14 heavy (non-hydrogen) atoms. The summed E-state index contributed by atoms with van der Waals surface area (Å²) in [6.07, 6.45) is 1.23. The Hall–Kier alpha value is -1.65. The van der Waals surface area contributed by atoms with Gasteiger partial charge in [-0.05, 0) is 0 Å². The zero-order chi connectivity index (χ0) is 10.8. The van der Waals surface area contributed by atoms with Crippen LogP contribution in [0.25, 0.3) is 0 Å². The second kappa shape index (κ2) is 3.61. The van der Waals surface area contributed by atoms with E-state index < -0.39 is 11.4 Å². The molecule has 0 saturated heterocycles. The lowest BCUT2D eigenvalue weighted by atomic mass is 9.85. The van der Waals surface area contributed by atoms with Crippen molar-refractivity contribution >= 4 is 5.97 Å². The lowest BCUT2D eigenvalue weighted by molar-refractivity contribution is -0.138. The number of carbonyl (C=O) groups is 1. The summed E-state index contributed by atoms with van der Waals surface area (Å²) in [5, 5.41) is 8.67. The summed E-state index contributed by atoms with van der Waals surface area (Å²) in [6, 6.07) is 1.32. The lowest BCUT2D eigenvalue weighted by Crippen LogP contribution is -2.25. The standard InChI is InChI=1S/C9H12N2O3/c1-9(2,4-8(13)14)6-3-7(12)11-5-10-6/h3,5H,4H2,1-2H3,(H,13,14)(H,10,11,12). The molecule has 5 nitrogen and oxygen atoms in total. The Kier molecular flexibility index (Phi) is 2.69. The summed E-state index contributed by atoms with van der Waals surface area (Å²) in [7, 11) is 0. The van der Waals surface area contributed by atoms with E-state index in [1.165, 1.54) is 12.4 Å². The molecule has 1 aromatic heterocycles. The molecule has 0 aliphatic carbocycles. The van der Waals surface area contributed by atoms with Crippen LogP contribution in [-0.4, -0.2) is 21.0 Å². The Morgan fingerprint density at radius 2 is 2.29 bits per heavy atom. The molecular formula is C9H12N2O3. The van der Waals surface area contributed by atoms with Crippen LogP contribution in [0.4, 0.5) is 0 Å². The molecule has 0 unspecified atom stereocenters. The number of hydrogen-bond donors (Lipinski definition) is 2. The summed E-state index contributed by atoms with van der Waals surface area (Å²) < 4.78 is 0. The average Bonchev–Trinajstić information content (AvgIpc) is 2.01. The number of aromatic amines is 1. The first kappa shape index (κ1) is 10.4. The number of carboxylic acids is 1. The number of hydrogen-bond acceptors (Lipinski definition) is 3. The Bertz CT molecular complexity index is 395. The zero-order valence-electron chi connectivity index (χ0n) is 8.07. The van der Waals surface area contributed by atoms with E-state index in [2.05, 4.69) is 9.97 Å². The Morgan fingerprint density at radius 3 is 2.79 bits per heavy atom. The largest absolute Gasteiger partial charge is 0.481 e. The van der Waals surface area contributed by atoms with E-state index in [-0.39, 0.29) is 12.0 Å². The molecule has 0 aliphatic rings. The third-order valence-corrected chi connectivity index (χ3v) is 1.96.